The van der Waals surface area contributed by atoms with Crippen molar-refractivity contribution in [1.82, 2.24) is 20.3 Å². The Kier molecular flexibility index (Phi) is 4.82. The van der Waals surface area contributed by atoms with Crippen LogP contribution in [0.4, 0.5) is 8.78 Å². The Morgan fingerprint density at radius 3 is 2.78 bits per heavy atom. The molecule has 0 saturated carbocycles. The summed E-state index contributed by atoms with van der Waals surface area (Å²) < 4.78 is 33.8. The van der Waals surface area contributed by atoms with Gasteiger partial charge in [0.1, 0.15) is 23.6 Å². The second kappa shape index (κ2) is 7.69. The van der Waals surface area contributed by atoms with Gasteiger partial charge in [0.2, 0.25) is 0 Å². The summed E-state index contributed by atoms with van der Waals surface area (Å²) in [6.07, 6.45) is 2.84. The van der Waals surface area contributed by atoms with Crippen molar-refractivity contribution in [3.8, 4) is 17.0 Å². The lowest BCUT2D eigenvalue weighted by Gasteiger charge is -2.35. The molecule has 1 aliphatic rings. The maximum atomic E-state index is 14.5. The van der Waals surface area contributed by atoms with E-state index in [-0.39, 0.29) is 16.9 Å². The van der Waals surface area contributed by atoms with Crippen LogP contribution in [0.3, 0.4) is 0 Å². The van der Waals surface area contributed by atoms with Gasteiger partial charge in [-0.2, -0.15) is 0 Å². The van der Waals surface area contributed by atoms with Gasteiger partial charge in [0.05, 0.1) is 22.9 Å². The number of ether oxygens (including phenoxy) is 1. The second-order valence-corrected chi connectivity index (χ2v) is 7.57. The number of aromatic nitrogens is 3. The summed E-state index contributed by atoms with van der Waals surface area (Å²) in [5, 5.41) is 14.0. The Bertz CT molecular complexity index is 1320. The predicted molar refractivity (Wildman–Crippen MR) is 112 cm³/mol. The van der Waals surface area contributed by atoms with Crippen LogP contribution in [0.25, 0.3) is 22.3 Å². The molecule has 5 rings (SSSR count). The molecule has 0 aliphatic carbocycles. The number of pyridine rings is 2. The van der Waals surface area contributed by atoms with Gasteiger partial charge < -0.3 is 20.1 Å². The molecule has 3 atom stereocenters. The van der Waals surface area contributed by atoms with Crippen LogP contribution in [0, 0.1) is 11.6 Å². The fraction of sp³-hybridized carbons (Fsp3) is 0.174. The van der Waals surface area contributed by atoms with Crippen LogP contribution in [0.5, 0.6) is 5.75 Å². The summed E-state index contributed by atoms with van der Waals surface area (Å²) in [4.78, 5) is 24.5. The van der Waals surface area contributed by atoms with Crippen molar-refractivity contribution in [2.75, 3.05) is 0 Å². The summed E-state index contributed by atoms with van der Waals surface area (Å²) in [5.41, 5.74) is 2.20. The number of aromatic amines is 1. The molecule has 3 N–H and O–H groups in total. The number of carbonyl (C=O) groups is 1. The topological polar surface area (TPSA) is 100 Å². The second-order valence-electron chi connectivity index (χ2n) is 7.57. The molecule has 0 saturated heterocycles. The molecular formula is C23H18F2N4O3. The van der Waals surface area contributed by atoms with Gasteiger partial charge in [-0.25, -0.2) is 13.8 Å². The predicted octanol–water partition coefficient (Wildman–Crippen LogP) is 3.52. The molecule has 3 aromatic heterocycles. The smallest absolute Gasteiger partial charge is 0.253 e. The zero-order valence-electron chi connectivity index (χ0n) is 16.8. The standard InChI is InChI=1S/C23H18F2N4O3/c1-11-21(30)20(18-17(32-11)5-3-15(24)19(18)25)29-23(31)12-2-4-16(28-10-12)13-6-8-26-22-14(13)7-9-27-22/h2-11,20-21,30H,1H3,(H,26,27)(H,29,31)/t11-,20-,21+/m1/s1. The minimum Gasteiger partial charge on any atom is -0.487 e. The van der Waals surface area contributed by atoms with E-state index in [0.29, 0.717) is 5.69 Å². The number of aliphatic hydroxyl groups excluding tert-OH is 1. The van der Waals surface area contributed by atoms with E-state index in [4.69, 9.17) is 4.74 Å². The van der Waals surface area contributed by atoms with Gasteiger partial charge in [-0.1, -0.05) is 0 Å². The van der Waals surface area contributed by atoms with Crippen molar-refractivity contribution >= 4 is 16.9 Å². The van der Waals surface area contributed by atoms with E-state index in [1.807, 2.05) is 12.1 Å². The summed E-state index contributed by atoms with van der Waals surface area (Å²) in [6.45, 7) is 1.58. The summed E-state index contributed by atoms with van der Waals surface area (Å²) >= 11 is 0. The van der Waals surface area contributed by atoms with E-state index in [2.05, 4.69) is 20.3 Å². The third-order valence-corrected chi connectivity index (χ3v) is 5.59. The molecule has 32 heavy (non-hydrogen) atoms. The molecule has 0 bridgehead atoms. The Labute approximate surface area is 181 Å². The van der Waals surface area contributed by atoms with Gasteiger partial charge in [0.15, 0.2) is 11.6 Å². The number of nitrogens with one attached hydrogen (secondary N) is 2. The molecule has 0 fully saturated rings. The Morgan fingerprint density at radius 2 is 2.00 bits per heavy atom. The fourth-order valence-electron chi connectivity index (χ4n) is 3.91. The van der Waals surface area contributed by atoms with E-state index in [9.17, 15) is 18.7 Å². The molecule has 7 nitrogen and oxygen atoms in total. The van der Waals surface area contributed by atoms with Gasteiger partial charge in [0.25, 0.3) is 5.91 Å². The van der Waals surface area contributed by atoms with Crippen molar-refractivity contribution < 1.29 is 23.4 Å². The highest BCUT2D eigenvalue weighted by atomic mass is 19.2. The van der Waals surface area contributed by atoms with Crippen LogP contribution in [0.15, 0.2) is 55.0 Å². The van der Waals surface area contributed by atoms with Gasteiger partial charge in [-0.15, -0.1) is 0 Å². The number of rotatable bonds is 3. The molecule has 0 unspecified atom stereocenters. The summed E-state index contributed by atoms with van der Waals surface area (Å²) in [5.74, 6) is -2.76. The number of carbonyl (C=O) groups excluding carboxylic acids is 1. The van der Waals surface area contributed by atoms with Crippen LogP contribution in [0.1, 0.15) is 28.9 Å². The minimum atomic E-state index is -1.27. The highest BCUT2D eigenvalue weighted by Crippen LogP contribution is 2.38. The number of aliphatic hydroxyl groups is 1. The van der Waals surface area contributed by atoms with Crippen molar-refractivity contribution in [3.05, 3.63) is 77.8 Å². The molecule has 0 radical (unpaired) electrons. The number of hydrogen-bond acceptors (Lipinski definition) is 5. The van der Waals surface area contributed by atoms with Crippen LogP contribution in [-0.4, -0.2) is 38.2 Å². The molecular weight excluding hydrogens is 418 g/mol. The van der Waals surface area contributed by atoms with Crippen molar-refractivity contribution in [2.24, 2.45) is 0 Å². The molecule has 0 spiro atoms. The summed E-state index contributed by atoms with van der Waals surface area (Å²) in [7, 11) is 0. The van der Waals surface area contributed by atoms with Crippen LogP contribution in [-0.2, 0) is 0 Å². The average molecular weight is 436 g/mol. The number of H-pyrrole nitrogens is 1. The first-order valence-electron chi connectivity index (χ1n) is 9.96. The van der Waals surface area contributed by atoms with E-state index < -0.39 is 35.8 Å². The first kappa shape index (κ1) is 20.1. The first-order chi connectivity index (χ1) is 15.4. The number of fused-ring (bicyclic) bond motifs is 2. The van der Waals surface area contributed by atoms with Crippen molar-refractivity contribution in [3.63, 3.8) is 0 Å². The van der Waals surface area contributed by atoms with Crippen LogP contribution >= 0.6 is 0 Å². The van der Waals surface area contributed by atoms with Gasteiger partial charge >= 0.3 is 0 Å². The minimum absolute atomic E-state index is 0.0775. The van der Waals surface area contributed by atoms with E-state index in [1.54, 1.807) is 31.5 Å². The SMILES string of the molecule is C[C@H]1Oc2ccc(F)c(F)c2[C@@H](NC(=O)c2ccc(-c3ccnc4[nH]ccc34)nc2)[C@H]1O. The van der Waals surface area contributed by atoms with Gasteiger partial charge in [0, 0.05) is 29.5 Å². The van der Waals surface area contributed by atoms with Crippen molar-refractivity contribution in [1.29, 1.82) is 0 Å². The van der Waals surface area contributed by atoms with E-state index >= 15 is 0 Å². The zero-order valence-corrected chi connectivity index (χ0v) is 16.8. The maximum absolute atomic E-state index is 14.5. The molecule has 4 aromatic rings. The van der Waals surface area contributed by atoms with Crippen LogP contribution in [0.2, 0.25) is 0 Å². The first-order valence-corrected chi connectivity index (χ1v) is 9.96. The third kappa shape index (κ3) is 3.27. The highest BCUT2D eigenvalue weighted by Gasteiger charge is 2.39. The lowest BCUT2D eigenvalue weighted by Crippen LogP contribution is -2.47. The highest BCUT2D eigenvalue weighted by molar-refractivity contribution is 5.95. The molecule has 1 aromatic carbocycles. The number of halogens is 2. The maximum Gasteiger partial charge on any atom is 0.253 e. The molecule has 162 valence electrons. The lowest BCUT2D eigenvalue weighted by atomic mass is 9.93. The van der Waals surface area contributed by atoms with E-state index in [0.717, 1.165) is 22.7 Å². The number of amides is 1. The molecule has 4 heterocycles. The lowest BCUT2D eigenvalue weighted by molar-refractivity contribution is 0.00133. The molecule has 1 aliphatic heterocycles. The third-order valence-electron chi connectivity index (χ3n) is 5.59. The van der Waals surface area contributed by atoms with Crippen LogP contribution < -0.4 is 10.1 Å². The quantitative estimate of drug-likeness (QED) is 0.456. The monoisotopic (exact) mass is 436 g/mol. The number of nitrogens with zero attached hydrogens (tertiary/aromatic N) is 2. The Hall–Kier alpha value is -3.85. The normalized spacial score (nSPS) is 19.9. The largest absolute Gasteiger partial charge is 0.487 e. The molecule has 9 heteroatoms. The number of hydrogen-bond donors (Lipinski definition) is 3. The van der Waals surface area contributed by atoms with Crippen molar-refractivity contribution in [2.45, 2.75) is 25.2 Å². The Balaban J connectivity index is 1.43. The van der Waals surface area contributed by atoms with E-state index in [1.165, 1.54) is 12.3 Å². The average Bonchev–Trinajstić information content (AvgIpc) is 3.28. The fourth-order valence-corrected chi connectivity index (χ4v) is 3.91. The molecule has 1 amide bonds. The van der Waals surface area contributed by atoms with Gasteiger partial charge in [-0.3, -0.25) is 9.78 Å². The van der Waals surface area contributed by atoms with Gasteiger partial charge in [-0.05, 0) is 43.3 Å². The number of benzene rings is 1. The summed E-state index contributed by atoms with van der Waals surface area (Å²) in [6, 6.07) is 8.02. The zero-order chi connectivity index (χ0) is 22.4. The Morgan fingerprint density at radius 1 is 1.16 bits per heavy atom.